The van der Waals surface area contributed by atoms with Gasteiger partial charge in [-0.2, -0.15) is 5.26 Å². The summed E-state index contributed by atoms with van der Waals surface area (Å²) in [6, 6.07) is 23.5. The van der Waals surface area contributed by atoms with Crippen molar-refractivity contribution in [1.82, 2.24) is 15.0 Å². The number of hydrogen-bond donors (Lipinski definition) is 1. The van der Waals surface area contributed by atoms with Gasteiger partial charge in [-0.25, -0.2) is 15.4 Å². The number of amides is 1. The quantitative estimate of drug-likeness (QED) is 0.261. The summed E-state index contributed by atoms with van der Waals surface area (Å²) in [6.45, 7) is 0. The summed E-state index contributed by atoms with van der Waals surface area (Å²) in [5.41, 5.74) is 5.16. The minimum absolute atomic E-state index is 0.214. The van der Waals surface area contributed by atoms with Crippen LogP contribution in [0, 0.1) is 11.3 Å². The second-order valence-corrected chi connectivity index (χ2v) is 7.17. The van der Waals surface area contributed by atoms with Crippen molar-refractivity contribution in [1.29, 1.82) is 5.26 Å². The minimum atomic E-state index is -0.214. The first-order chi connectivity index (χ1) is 16.6. The molecule has 0 aliphatic heterocycles. The number of fused-ring (bicyclic) bond motifs is 1. The van der Waals surface area contributed by atoms with Crippen LogP contribution in [-0.2, 0) is 4.79 Å². The Morgan fingerprint density at radius 3 is 2.62 bits per heavy atom. The standard InChI is InChI=1S/C25H19N7O2/c1-31(30-29-27-17-33)20-5-4-6-21(15-20)32-24(14-13-18-9-11-19(16-26)12-10-18)28-23-8-3-2-7-22(23)25(32)34/h2-15,17H,1H3,(H,27,30,33)/b14-13+. The van der Waals surface area contributed by atoms with E-state index in [1.807, 2.05) is 24.3 Å². The lowest BCUT2D eigenvalue weighted by atomic mass is 10.1. The van der Waals surface area contributed by atoms with Gasteiger partial charge in [0.2, 0.25) is 6.41 Å². The van der Waals surface area contributed by atoms with E-state index >= 15 is 0 Å². The van der Waals surface area contributed by atoms with Gasteiger partial charge in [-0.05, 0) is 64.6 Å². The van der Waals surface area contributed by atoms with E-state index in [2.05, 4.69) is 21.9 Å². The molecule has 0 saturated carbocycles. The fourth-order valence-corrected chi connectivity index (χ4v) is 3.35. The van der Waals surface area contributed by atoms with Crippen molar-refractivity contribution in [2.24, 2.45) is 10.4 Å². The van der Waals surface area contributed by atoms with E-state index in [1.54, 1.807) is 67.7 Å². The predicted molar refractivity (Wildman–Crippen MR) is 130 cm³/mol. The zero-order chi connectivity index (χ0) is 23.9. The summed E-state index contributed by atoms with van der Waals surface area (Å²) >= 11 is 0. The molecule has 0 aliphatic rings. The Labute approximate surface area is 194 Å². The summed E-state index contributed by atoms with van der Waals surface area (Å²) in [4.78, 5) is 28.6. The molecule has 9 nitrogen and oxygen atoms in total. The average Bonchev–Trinajstić information content (AvgIpc) is 2.88. The van der Waals surface area contributed by atoms with Gasteiger partial charge in [0.1, 0.15) is 5.82 Å². The molecule has 0 fully saturated rings. The van der Waals surface area contributed by atoms with Gasteiger partial charge in [0.25, 0.3) is 5.56 Å². The van der Waals surface area contributed by atoms with Gasteiger partial charge in [0, 0.05) is 7.05 Å². The summed E-state index contributed by atoms with van der Waals surface area (Å²) in [6.07, 6.45) is 4.02. The number of nitriles is 1. The van der Waals surface area contributed by atoms with Crippen LogP contribution in [0.3, 0.4) is 0 Å². The molecule has 0 spiro atoms. The van der Waals surface area contributed by atoms with Crippen LogP contribution >= 0.6 is 0 Å². The topological polar surface area (TPSA) is 116 Å². The van der Waals surface area contributed by atoms with Gasteiger partial charge in [-0.3, -0.25) is 14.2 Å². The van der Waals surface area contributed by atoms with Crippen LogP contribution in [0.1, 0.15) is 17.0 Å². The van der Waals surface area contributed by atoms with Gasteiger partial charge >= 0.3 is 0 Å². The van der Waals surface area contributed by atoms with Gasteiger partial charge in [0.05, 0.1) is 33.9 Å². The number of nitrogens with one attached hydrogen (secondary N) is 1. The highest BCUT2D eigenvalue weighted by Crippen LogP contribution is 2.20. The molecule has 0 atom stereocenters. The molecule has 0 saturated heterocycles. The summed E-state index contributed by atoms with van der Waals surface area (Å²) in [7, 11) is 1.67. The molecule has 1 N–H and O–H groups in total. The van der Waals surface area contributed by atoms with Crippen molar-refractivity contribution in [3.8, 4) is 11.8 Å². The molecule has 1 heterocycles. The molecule has 0 bridgehead atoms. The van der Waals surface area contributed by atoms with E-state index in [-0.39, 0.29) is 5.56 Å². The Hall–Kier alpha value is -5.10. The molecule has 4 rings (SSSR count). The van der Waals surface area contributed by atoms with Crippen LogP contribution in [0.4, 0.5) is 5.69 Å². The van der Waals surface area contributed by atoms with Gasteiger partial charge < -0.3 is 0 Å². The molecule has 166 valence electrons. The summed E-state index contributed by atoms with van der Waals surface area (Å²) < 4.78 is 1.53. The van der Waals surface area contributed by atoms with Crippen molar-refractivity contribution in [2.75, 3.05) is 12.1 Å². The van der Waals surface area contributed by atoms with E-state index in [1.165, 1.54) is 9.58 Å². The molecule has 3 aromatic carbocycles. The van der Waals surface area contributed by atoms with Gasteiger partial charge in [-0.15, -0.1) is 0 Å². The maximum absolute atomic E-state index is 13.5. The molecule has 0 unspecified atom stereocenters. The lowest BCUT2D eigenvalue weighted by Crippen LogP contribution is -2.22. The number of nitrogens with zero attached hydrogens (tertiary/aromatic N) is 6. The maximum Gasteiger partial charge on any atom is 0.266 e. The third-order valence-corrected chi connectivity index (χ3v) is 5.02. The van der Waals surface area contributed by atoms with Crippen LogP contribution in [0.2, 0.25) is 0 Å². The first kappa shape index (κ1) is 22.1. The van der Waals surface area contributed by atoms with Crippen LogP contribution in [-0.4, -0.2) is 23.0 Å². The lowest BCUT2D eigenvalue weighted by Gasteiger charge is -2.15. The molecule has 1 aromatic heterocycles. The smallest absolute Gasteiger partial charge is 0.266 e. The monoisotopic (exact) mass is 449 g/mol. The van der Waals surface area contributed by atoms with E-state index < -0.39 is 0 Å². The second-order valence-electron chi connectivity index (χ2n) is 7.17. The predicted octanol–water partition coefficient (Wildman–Crippen LogP) is 3.89. The first-order valence-corrected chi connectivity index (χ1v) is 10.2. The largest absolute Gasteiger partial charge is 0.277 e. The van der Waals surface area contributed by atoms with Crippen molar-refractivity contribution >= 4 is 35.2 Å². The van der Waals surface area contributed by atoms with Crippen LogP contribution in [0.25, 0.3) is 28.7 Å². The highest BCUT2D eigenvalue weighted by Gasteiger charge is 2.12. The minimum Gasteiger partial charge on any atom is -0.277 e. The number of hydrogen-bond acceptors (Lipinski definition) is 6. The normalized spacial score (nSPS) is 11.1. The van der Waals surface area contributed by atoms with E-state index in [0.717, 1.165) is 5.56 Å². The molecule has 4 aromatic rings. The molecular formula is C25H19N7O2. The zero-order valence-corrected chi connectivity index (χ0v) is 18.2. The highest BCUT2D eigenvalue weighted by molar-refractivity contribution is 5.80. The Balaban J connectivity index is 1.83. The molecule has 1 amide bonds. The molecule has 9 heteroatoms. The zero-order valence-electron chi connectivity index (χ0n) is 18.2. The Morgan fingerprint density at radius 1 is 1.06 bits per heavy atom. The number of para-hydroxylation sites is 1. The fraction of sp³-hybridized carbons (Fsp3) is 0.0400. The Kier molecular flexibility index (Phi) is 6.51. The van der Waals surface area contributed by atoms with Crippen molar-refractivity contribution < 1.29 is 4.79 Å². The number of carbonyl (C=O) groups is 1. The average molecular weight is 449 g/mol. The first-order valence-electron chi connectivity index (χ1n) is 10.2. The lowest BCUT2D eigenvalue weighted by molar-refractivity contribution is -0.109. The van der Waals surface area contributed by atoms with E-state index in [9.17, 15) is 9.59 Å². The number of carbonyl (C=O) groups excluding carboxylic acids is 1. The van der Waals surface area contributed by atoms with Crippen LogP contribution in [0.15, 0.2) is 88.0 Å². The van der Waals surface area contributed by atoms with Crippen molar-refractivity contribution in [2.45, 2.75) is 0 Å². The number of rotatable bonds is 7. The molecular weight excluding hydrogens is 430 g/mol. The molecule has 0 radical (unpaired) electrons. The van der Waals surface area contributed by atoms with Crippen LogP contribution in [0.5, 0.6) is 0 Å². The third kappa shape index (κ3) is 4.71. The Morgan fingerprint density at radius 2 is 1.85 bits per heavy atom. The van der Waals surface area contributed by atoms with Gasteiger partial charge in [0.15, 0.2) is 0 Å². The number of aromatic nitrogens is 2. The number of anilines is 1. The third-order valence-electron chi connectivity index (χ3n) is 5.02. The number of benzene rings is 3. The molecule has 34 heavy (non-hydrogen) atoms. The molecule has 0 aliphatic carbocycles. The highest BCUT2D eigenvalue weighted by atomic mass is 16.1. The fourth-order valence-electron chi connectivity index (χ4n) is 3.35. The van der Waals surface area contributed by atoms with Gasteiger partial charge in [-0.1, -0.05) is 36.4 Å². The van der Waals surface area contributed by atoms with Crippen molar-refractivity contribution in [3.05, 3.63) is 100 Å². The van der Waals surface area contributed by atoms with Crippen molar-refractivity contribution in [3.63, 3.8) is 0 Å². The van der Waals surface area contributed by atoms with Crippen LogP contribution < -0.4 is 16.0 Å². The van der Waals surface area contributed by atoms with E-state index in [0.29, 0.717) is 40.1 Å². The second kappa shape index (κ2) is 10.0. The SMILES string of the molecule is CN(/N=N\NC=O)c1cccc(-n2c(/C=C/c3ccc(C#N)cc3)nc3ccccc3c2=O)c1. The maximum atomic E-state index is 13.5. The summed E-state index contributed by atoms with van der Waals surface area (Å²) in [5.74, 6) is 0.442. The Bertz CT molecular complexity index is 1500. The summed E-state index contributed by atoms with van der Waals surface area (Å²) in [5, 5.41) is 18.4. The van der Waals surface area contributed by atoms with E-state index in [4.69, 9.17) is 10.2 Å².